The van der Waals surface area contributed by atoms with Crippen LogP contribution in [0.5, 0.6) is 5.75 Å². The van der Waals surface area contributed by atoms with Crippen molar-refractivity contribution in [3.05, 3.63) is 59.7 Å². The molecule has 3 amide bonds. The number of benzene rings is 2. The third kappa shape index (κ3) is 7.87. The van der Waals surface area contributed by atoms with E-state index in [0.29, 0.717) is 17.0 Å². The number of ether oxygens (including phenoxy) is 2. The van der Waals surface area contributed by atoms with Crippen molar-refractivity contribution in [1.82, 2.24) is 10.6 Å². The third-order valence-corrected chi connectivity index (χ3v) is 5.68. The lowest BCUT2D eigenvalue weighted by molar-refractivity contribution is -0.139. The molecule has 2 atom stereocenters. The van der Waals surface area contributed by atoms with Gasteiger partial charge in [0.1, 0.15) is 36.6 Å². The minimum atomic E-state index is -4.61. The van der Waals surface area contributed by atoms with Crippen molar-refractivity contribution in [3.8, 4) is 5.75 Å². The van der Waals surface area contributed by atoms with Crippen LogP contribution in [0.15, 0.2) is 48.5 Å². The standard InChI is InChI=1S/C27H32F3N3O5/c1-5-20(32-25(36)38-26(2,3)4)24(35)33-21-12-11-19(37-15-17-9-7-6-8-10-17)13-18(21)14-22(33)23(34)31-16-27(28,29)30/h6-13,20,22H,5,14-16H2,1-4H3,(H,31,34)(H,32,36)/t20-,22?/m0/s1. The fraction of sp³-hybridized carbons (Fsp3) is 0.444. The molecule has 0 radical (unpaired) electrons. The second-order valence-electron chi connectivity index (χ2n) is 9.93. The quantitative estimate of drug-likeness (QED) is 0.519. The highest BCUT2D eigenvalue weighted by molar-refractivity contribution is 6.06. The summed E-state index contributed by atoms with van der Waals surface area (Å²) in [5.41, 5.74) is 1.05. The first kappa shape index (κ1) is 28.8. The molecular weight excluding hydrogens is 503 g/mol. The van der Waals surface area contributed by atoms with Gasteiger partial charge in [0.2, 0.25) is 11.8 Å². The number of nitrogens with zero attached hydrogens (tertiary/aromatic N) is 1. The Labute approximate surface area is 219 Å². The van der Waals surface area contributed by atoms with Crippen LogP contribution >= 0.6 is 0 Å². The van der Waals surface area contributed by atoms with Gasteiger partial charge in [-0.3, -0.25) is 14.5 Å². The Morgan fingerprint density at radius 3 is 2.37 bits per heavy atom. The molecule has 0 saturated heterocycles. The number of alkyl halides is 3. The summed E-state index contributed by atoms with van der Waals surface area (Å²) >= 11 is 0. The van der Waals surface area contributed by atoms with Gasteiger partial charge in [-0.1, -0.05) is 37.3 Å². The van der Waals surface area contributed by atoms with E-state index in [9.17, 15) is 27.6 Å². The Morgan fingerprint density at radius 1 is 1.08 bits per heavy atom. The van der Waals surface area contributed by atoms with E-state index in [1.165, 1.54) is 0 Å². The number of carbonyl (C=O) groups is 3. The molecule has 1 heterocycles. The van der Waals surface area contributed by atoms with E-state index in [2.05, 4.69) is 5.32 Å². The number of carbonyl (C=O) groups excluding carboxylic acids is 3. The number of halogens is 3. The molecule has 8 nitrogen and oxygen atoms in total. The van der Waals surface area contributed by atoms with Crippen LogP contribution in [0.2, 0.25) is 0 Å². The van der Waals surface area contributed by atoms with Crippen LogP contribution in [0.3, 0.4) is 0 Å². The molecule has 1 unspecified atom stereocenters. The van der Waals surface area contributed by atoms with Gasteiger partial charge < -0.3 is 20.1 Å². The largest absolute Gasteiger partial charge is 0.489 e. The first-order chi connectivity index (χ1) is 17.8. The Bertz CT molecular complexity index is 1150. The zero-order valence-electron chi connectivity index (χ0n) is 21.7. The Balaban J connectivity index is 1.85. The fourth-order valence-electron chi connectivity index (χ4n) is 4.00. The van der Waals surface area contributed by atoms with Crippen LogP contribution < -0.4 is 20.3 Å². The van der Waals surface area contributed by atoms with Crippen molar-refractivity contribution in [2.24, 2.45) is 0 Å². The zero-order valence-corrected chi connectivity index (χ0v) is 21.7. The molecule has 206 valence electrons. The number of rotatable bonds is 8. The summed E-state index contributed by atoms with van der Waals surface area (Å²) in [6.07, 6.45) is -5.28. The molecule has 2 aromatic rings. The summed E-state index contributed by atoms with van der Waals surface area (Å²) in [6, 6.07) is 12.0. The lowest BCUT2D eigenvalue weighted by atomic mass is 10.1. The monoisotopic (exact) mass is 535 g/mol. The fourth-order valence-corrected chi connectivity index (χ4v) is 4.00. The molecule has 0 saturated carbocycles. The van der Waals surface area contributed by atoms with E-state index in [1.54, 1.807) is 45.9 Å². The zero-order chi connectivity index (χ0) is 28.1. The molecule has 0 bridgehead atoms. The van der Waals surface area contributed by atoms with Gasteiger partial charge in [-0.15, -0.1) is 0 Å². The number of hydrogen-bond donors (Lipinski definition) is 2. The molecule has 0 aromatic heterocycles. The van der Waals surface area contributed by atoms with Gasteiger partial charge >= 0.3 is 12.3 Å². The molecule has 3 rings (SSSR count). The van der Waals surface area contributed by atoms with Gasteiger partial charge in [-0.05, 0) is 56.5 Å². The summed E-state index contributed by atoms with van der Waals surface area (Å²) < 4.78 is 49.4. The number of nitrogens with one attached hydrogen (secondary N) is 2. The molecule has 11 heteroatoms. The van der Waals surface area contributed by atoms with Gasteiger partial charge in [-0.2, -0.15) is 13.2 Å². The number of hydrogen-bond acceptors (Lipinski definition) is 5. The van der Waals surface area contributed by atoms with E-state index in [1.807, 2.05) is 35.6 Å². The summed E-state index contributed by atoms with van der Waals surface area (Å²) in [5, 5.41) is 4.38. The minimum absolute atomic E-state index is 0.0177. The predicted molar refractivity (Wildman–Crippen MR) is 135 cm³/mol. The maximum absolute atomic E-state index is 13.6. The molecule has 2 aromatic carbocycles. The van der Waals surface area contributed by atoms with Gasteiger partial charge in [-0.25, -0.2) is 4.79 Å². The highest BCUT2D eigenvalue weighted by atomic mass is 19.4. The van der Waals surface area contributed by atoms with E-state index in [0.717, 1.165) is 10.5 Å². The van der Waals surface area contributed by atoms with Crippen LogP contribution in [0.4, 0.5) is 23.7 Å². The van der Waals surface area contributed by atoms with Crippen molar-refractivity contribution >= 4 is 23.6 Å². The Kier molecular flexibility index (Phi) is 8.90. The highest BCUT2D eigenvalue weighted by Crippen LogP contribution is 2.36. The number of alkyl carbamates (subject to hydrolysis) is 1. The molecule has 0 fully saturated rings. The summed E-state index contributed by atoms with van der Waals surface area (Å²) in [5.74, 6) is -1.11. The lowest BCUT2D eigenvalue weighted by Crippen LogP contribution is -2.55. The molecule has 1 aliphatic heterocycles. The second kappa shape index (κ2) is 11.7. The minimum Gasteiger partial charge on any atom is -0.489 e. The van der Waals surface area contributed by atoms with Crippen LogP contribution in [-0.4, -0.2) is 48.3 Å². The van der Waals surface area contributed by atoms with Gasteiger partial charge in [0.15, 0.2) is 0 Å². The normalized spacial score (nSPS) is 15.9. The average Bonchev–Trinajstić information content (AvgIpc) is 3.22. The first-order valence-corrected chi connectivity index (χ1v) is 12.2. The highest BCUT2D eigenvalue weighted by Gasteiger charge is 2.42. The SMILES string of the molecule is CC[C@H](NC(=O)OC(C)(C)C)C(=O)N1c2ccc(OCc3ccccc3)cc2CC1C(=O)NCC(F)(F)F. The van der Waals surface area contributed by atoms with Crippen molar-refractivity contribution in [1.29, 1.82) is 0 Å². The number of fused-ring (bicyclic) bond motifs is 1. The Morgan fingerprint density at radius 2 is 1.76 bits per heavy atom. The molecule has 1 aliphatic rings. The van der Waals surface area contributed by atoms with Crippen molar-refractivity contribution in [3.63, 3.8) is 0 Å². The number of amides is 3. The summed E-state index contributed by atoms with van der Waals surface area (Å²) in [4.78, 5) is 39.9. The maximum atomic E-state index is 13.6. The van der Waals surface area contributed by atoms with Crippen molar-refractivity contribution in [2.75, 3.05) is 11.4 Å². The molecule has 0 spiro atoms. The molecule has 2 N–H and O–H groups in total. The van der Waals surface area contributed by atoms with Gasteiger partial charge in [0.05, 0.1) is 0 Å². The van der Waals surface area contributed by atoms with Crippen LogP contribution in [0.25, 0.3) is 0 Å². The van der Waals surface area contributed by atoms with Crippen LogP contribution in [0.1, 0.15) is 45.2 Å². The average molecular weight is 536 g/mol. The molecule has 38 heavy (non-hydrogen) atoms. The summed E-state index contributed by atoms with van der Waals surface area (Å²) in [6.45, 7) is 5.44. The summed E-state index contributed by atoms with van der Waals surface area (Å²) in [7, 11) is 0. The van der Waals surface area contributed by atoms with Crippen LogP contribution in [0, 0.1) is 0 Å². The second-order valence-corrected chi connectivity index (χ2v) is 9.93. The van der Waals surface area contributed by atoms with Crippen LogP contribution in [-0.2, 0) is 27.4 Å². The molecule has 0 aliphatic carbocycles. The topological polar surface area (TPSA) is 97.0 Å². The van der Waals surface area contributed by atoms with E-state index >= 15 is 0 Å². The van der Waals surface area contributed by atoms with Gasteiger partial charge in [0, 0.05) is 12.1 Å². The Hall–Kier alpha value is -3.76. The van der Waals surface area contributed by atoms with E-state index in [4.69, 9.17) is 9.47 Å². The predicted octanol–water partition coefficient (Wildman–Crippen LogP) is 4.51. The lowest BCUT2D eigenvalue weighted by Gasteiger charge is -2.29. The number of anilines is 1. The molecular formula is C27H32F3N3O5. The van der Waals surface area contributed by atoms with Gasteiger partial charge in [0.25, 0.3) is 0 Å². The van der Waals surface area contributed by atoms with E-state index in [-0.39, 0.29) is 19.4 Å². The van der Waals surface area contributed by atoms with Crippen molar-refractivity contribution < 1.29 is 37.0 Å². The van der Waals surface area contributed by atoms with Crippen molar-refractivity contribution in [2.45, 2.75) is 71.0 Å². The first-order valence-electron chi connectivity index (χ1n) is 12.2. The third-order valence-electron chi connectivity index (χ3n) is 5.68. The smallest absolute Gasteiger partial charge is 0.408 e. The van der Waals surface area contributed by atoms with E-state index < -0.39 is 48.3 Å². The maximum Gasteiger partial charge on any atom is 0.408 e.